The van der Waals surface area contributed by atoms with Gasteiger partial charge in [0.15, 0.2) is 11.5 Å². The molecule has 0 bridgehead atoms. The van der Waals surface area contributed by atoms with Crippen molar-refractivity contribution in [3.05, 3.63) is 42.6 Å². The molecule has 3 aromatic rings. The molecule has 0 aliphatic carbocycles. The summed E-state index contributed by atoms with van der Waals surface area (Å²) >= 11 is 0. The van der Waals surface area contributed by atoms with Crippen molar-refractivity contribution in [1.29, 1.82) is 0 Å². The minimum absolute atomic E-state index is 0.0431. The highest BCUT2D eigenvalue weighted by Gasteiger charge is 2.45. The first-order valence-electron chi connectivity index (χ1n) is 7.36. The third kappa shape index (κ3) is 2.68. The van der Waals surface area contributed by atoms with Crippen molar-refractivity contribution < 1.29 is 31.4 Å². The second-order valence-electron chi connectivity index (χ2n) is 5.47. The molecule has 0 saturated heterocycles. The van der Waals surface area contributed by atoms with Gasteiger partial charge in [-0.3, -0.25) is 4.72 Å². The Morgan fingerprint density at radius 2 is 2.00 bits per heavy atom. The zero-order valence-electron chi connectivity index (χ0n) is 13.2. The molecule has 4 rings (SSSR count). The molecule has 7 nitrogen and oxygen atoms in total. The first-order valence-corrected chi connectivity index (χ1v) is 8.84. The molecule has 1 aromatic heterocycles. The van der Waals surface area contributed by atoms with Gasteiger partial charge in [0.25, 0.3) is 10.0 Å². The van der Waals surface area contributed by atoms with E-state index < -0.39 is 16.3 Å². The summed E-state index contributed by atoms with van der Waals surface area (Å²) in [5.74, 6) is -0.0636. The summed E-state index contributed by atoms with van der Waals surface area (Å²) in [6, 6.07) is 8.79. The van der Waals surface area contributed by atoms with Crippen LogP contribution in [0.1, 0.15) is 0 Å². The normalized spacial score (nSPS) is 15.2. The van der Waals surface area contributed by atoms with Gasteiger partial charge in [-0.25, -0.2) is 8.42 Å². The van der Waals surface area contributed by atoms with Crippen molar-refractivity contribution in [2.75, 3.05) is 11.8 Å². The molecular weight excluding hydrogens is 370 g/mol. The van der Waals surface area contributed by atoms with E-state index in [0.29, 0.717) is 16.7 Å². The fourth-order valence-corrected chi connectivity index (χ4v) is 3.92. The SMILES string of the molecule is COc1ccc2c(S(=O)(=O)Nc3cccc4c3OC(F)(F)O4)c[nH]c2c1. The van der Waals surface area contributed by atoms with Gasteiger partial charge >= 0.3 is 6.29 Å². The Bertz CT molecular complexity index is 1110. The number of nitrogens with one attached hydrogen (secondary N) is 2. The van der Waals surface area contributed by atoms with E-state index in [9.17, 15) is 17.2 Å². The van der Waals surface area contributed by atoms with Gasteiger partial charge in [0.2, 0.25) is 0 Å². The topological polar surface area (TPSA) is 89.7 Å². The summed E-state index contributed by atoms with van der Waals surface area (Å²) in [5.41, 5.74) is 0.400. The molecule has 2 aromatic carbocycles. The van der Waals surface area contributed by atoms with Crippen LogP contribution in [0.15, 0.2) is 47.5 Å². The van der Waals surface area contributed by atoms with Gasteiger partial charge in [0, 0.05) is 17.6 Å². The van der Waals surface area contributed by atoms with Crippen molar-refractivity contribution in [3.63, 3.8) is 0 Å². The fraction of sp³-hybridized carbons (Fsp3) is 0.125. The van der Waals surface area contributed by atoms with Crippen LogP contribution in [-0.4, -0.2) is 26.8 Å². The molecule has 10 heteroatoms. The van der Waals surface area contributed by atoms with E-state index in [1.165, 1.54) is 31.5 Å². The van der Waals surface area contributed by atoms with Crippen molar-refractivity contribution >= 4 is 26.6 Å². The lowest BCUT2D eigenvalue weighted by Gasteiger charge is -2.10. The Morgan fingerprint density at radius 3 is 2.77 bits per heavy atom. The standard InChI is InChI=1S/C16H12F2N2O5S/c1-23-9-5-6-10-12(7-9)19-8-14(10)26(21,22)20-11-3-2-4-13-15(11)25-16(17,18)24-13/h2-8,19-20H,1H3. The van der Waals surface area contributed by atoms with E-state index >= 15 is 0 Å². The average molecular weight is 382 g/mol. The minimum atomic E-state index is -4.08. The van der Waals surface area contributed by atoms with Crippen molar-refractivity contribution in [2.24, 2.45) is 0 Å². The maximum Gasteiger partial charge on any atom is 0.586 e. The Labute approximate surface area is 146 Å². The van der Waals surface area contributed by atoms with Gasteiger partial charge in [0.05, 0.1) is 18.3 Å². The number of anilines is 1. The third-order valence-corrected chi connectivity index (χ3v) is 5.22. The summed E-state index contributed by atoms with van der Waals surface area (Å²) in [7, 11) is -2.58. The maximum atomic E-state index is 13.3. The van der Waals surface area contributed by atoms with Crippen LogP contribution in [0.3, 0.4) is 0 Å². The number of benzene rings is 2. The number of hydrogen-bond acceptors (Lipinski definition) is 5. The van der Waals surface area contributed by atoms with Gasteiger partial charge in [-0.2, -0.15) is 0 Å². The van der Waals surface area contributed by atoms with Crippen molar-refractivity contribution in [2.45, 2.75) is 11.2 Å². The van der Waals surface area contributed by atoms with Crippen LogP contribution in [0.4, 0.5) is 14.5 Å². The van der Waals surface area contributed by atoms with Crippen LogP contribution in [0.2, 0.25) is 0 Å². The minimum Gasteiger partial charge on any atom is -0.497 e. The van der Waals surface area contributed by atoms with Gasteiger partial charge in [-0.15, -0.1) is 8.78 Å². The molecule has 0 spiro atoms. The molecule has 0 amide bonds. The van der Waals surface area contributed by atoms with Gasteiger partial charge in [-0.1, -0.05) is 6.07 Å². The summed E-state index contributed by atoms with van der Waals surface area (Å²) in [5, 5.41) is 0.424. The largest absolute Gasteiger partial charge is 0.586 e. The smallest absolute Gasteiger partial charge is 0.497 e. The van der Waals surface area contributed by atoms with Crippen LogP contribution in [0.5, 0.6) is 17.2 Å². The van der Waals surface area contributed by atoms with E-state index in [0.717, 1.165) is 0 Å². The van der Waals surface area contributed by atoms with Crippen LogP contribution in [0.25, 0.3) is 10.9 Å². The van der Waals surface area contributed by atoms with E-state index in [1.54, 1.807) is 18.2 Å². The highest BCUT2D eigenvalue weighted by molar-refractivity contribution is 7.93. The molecule has 1 aliphatic heterocycles. The zero-order valence-corrected chi connectivity index (χ0v) is 14.1. The first kappa shape index (κ1) is 16.5. The molecule has 0 atom stereocenters. The van der Waals surface area contributed by atoms with E-state index in [-0.39, 0.29) is 22.1 Å². The van der Waals surface area contributed by atoms with Crippen molar-refractivity contribution in [1.82, 2.24) is 4.98 Å². The summed E-state index contributed by atoms with van der Waals surface area (Å²) in [4.78, 5) is 2.80. The van der Waals surface area contributed by atoms with E-state index in [2.05, 4.69) is 19.2 Å². The van der Waals surface area contributed by atoms with Crippen LogP contribution in [-0.2, 0) is 10.0 Å². The summed E-state index contributed by atoms with van der Waals surface area (Å²) in [6.45, 7) is 0. The van der Waals surface area contributed by atoms with Crippen LogP contribution < -0.4 is 18.9 Å². The number of aromatic nitrogens is 1. The molecule has 0 fully saturated rings. The lowest BCUT2D eigenvalue weighted by Crippen LogP contribution is -2.26. The molecule has 2 N–H and O–H groups in total. The molecular formula is C16H12F2N2O5S. The van der Waals surface area contributed by atoms with E-state index in [1.807, 2.05) is 0 Å². The number of sulfonamides is 1. The molecule has 0 saturated carbocycles. The molecule has 0 radical (unpaired) electrons. The second-order valence-corrected chi connectivity index (χ2v) is 7.12. The first-order chi connectivity index (χ1) is 12.3. The van der Waals surface area contributed by atoms with E-state index in [4.69, 9.17) is 4.74 Å². The number of aromatic amines is 1. The number of fused-ring (bicyclic) bond motifs is 2. The highest BCUT2D eigenvalue weighted by Crippen LogP contribution is 2.46. The summed E-state index contributed by atoms with van der Waals surface area (Å²) in [6.07, 6.45) is -2.54. The Morgan fingerprint density at radius 1 is 1.19 bits per heavy atom. The number of ether oxygens (including phenoxy) is 3. The third-order valence-electron chi connectivity index (χ3n) is 3.81. The highest BCUT2D eigenvalue weighted by atomic mass is 32.2. The van der Waals surface area contributed by atoms with Gasteiger partial charge < -0.3 is 19.2 Å². The molecule has 0 unspecified atom stereocenters. The Balaban J connectivity index is 1.73. The molecule has 1 aliphatic rings. The number of halogens is 2. The molecule has 26 heavy (non-hydrogen) atoms. The number of para-hydroxylation sites is 1. The van der Waals surface area contributed by atoms with Crippen LogP contribution in [0, 0.1) is 0 Å². The average Bonchev–Trinajstić information content (AvgIpc) is 3.14. The Kier molecular flexibility index (Phi) is 3.48. The lowest BCUT2D eigenvalue weighted by molar-refractivity contribution is -0.286. The monoisotopic (exact) mass is 382 g/mol. The zero-order chi connectivity index (χ0) is 18.5. The lowest BCUT2D eigenvalue weighted by atomic mass is 10.2. The van der Waals surface area contributed by atoms with Gasteiger partial charge in [-0.05, 0) is 24.3 Å². The quantitative estimate of drug-likeness (QED) is 0.723. The number of methoxy groups -OCH3 is 1. The number of alkyl halides is 2. The maximum absolute atomic E-state index is 13.3. The number of hydrogen-bond donors (Lipinski definition) is 2. The molecule has 136 valence electrons. The fourth-order valence-electron chi connectivity index (χ4n) is 2.68. The van der Waals surface area contributed by atoms with Crippen LogP contribution >= 0.6 is 0 Å². The summed E-state index contributed by atoms with van der Waals surface area (Å²) < 4.78 is 68.1. The van der Waals surface area contributed by atoms with Gasteiger partial charge in [0.1, 0.15) is 10.6 Å². The number of H-pyrrole nitrogens is 1. The van der Waals surface area contributed by atoms with Crippen molar-refractivity contribution in [3.8, 4) is 17.2 Å². The predicted octanol–water partition coefficient (Wildman–Crippen LogP) is 3.30. The predicted molar refractivity (Wildman–Crippen MR) is 88.3 cm³/mol. The Hall–Kier alpha value is -3.01. The number of rotatable bonds is 4. The second kappa shape index (κ2) is 5.49. The molecule has 2 heterocycles.